The number of hydrogen-bond donors (Lipinski definition) is 1. The average molecular weight is 193 g/mol. The summed E-state index contributed by atoms with van der Waals surface area (Å²) in [5, 5.41) is 4.24. The molecule has 1 aromatic heterocycles. The van der Waals surface area contributed by atoms with Gasteiger partial charge in [0.1, 0.15) is 0 Å². The minimum atomic E-state index is 0.267. The number of hydrogen-bond acceptors (Lipinski definition) is 2. The monoisotopic (exact) mass is 193 g/mol. The summed E-state index contributed by atoms with van der Waals surface area (Å²) in [4.78, 5) is 0. The zero-order valence-corrected chi connectivity index (χ0v) is 8.52. The van der Waals surface area contributed by atoms with Crippen LogP contribution in [0.4, 0.5) is 0 Å². The van der Waals surface area contributed by atoms with Crippen molar-refractivity contribution in [2.24, 2.45) is 5.73 Å². The van der Waals surface area contributed by atoms with Gasteiger partial charge in [0.2, 0.25) is 0 Å². The molecule has 0 aliphatic carbocycles. The summed E-state index contributed by atoms with van der Waals surface area (Å²) >= 11 is 1.72. The Bertz CT molecular complexity index is 258. The van der Waals surface area contributed by atoms with Gasteiger partial charge in [0.15, 0.2) is 0 Å². The quantitative estimate of drug-likeness (QED) is 0.564. The number of nitrogens with two attached hydrogens (primary N) is 1. The number of rotatable bonds is 5. The van der Waals surface area contributed by atoms with Crippen molar-refractivity contribution in [1.82, 2.24) is 0 Å². The highest BCUT2D eigenvalue weighted by Crippen LogP contribution is 2.10. The summed E-state index contributed by atoms with van der Waals surface area (Å²) in [7, 11) is 0. The summed E-state index contributed by atoms with van der Waals surface area (Å²) < 4.78 is 0. The van der Waals surface area contributed by atoms with E-state index in [-0.39, 0.29) is 6.04 Å². The molecule has 0 saturated heterocycles. The van der Waals surface area contributed by atoms with Crippen molar-refractivity contribution in [3.8, 4) is 12.3 Å². The van der Waals surface area contributed by atoms with Gasteiger partial charge in [-0.1, -0.05) is 0 Å². The fourth-order valence-electron chi connectivity index (χ4n) is 1.28. The van der Waals surface area contributed by atoms with Gasteiger partial charge in [-0.15, -0.1) is 12.3 Å². The first-order valence-electron chi connectivity index (χ1n) is 4.53. The molecule has 2 heteroatoms. The molecule has 1 heterocycles. The summed E-state index contributed by atoms with van der Waals surface area (Å²) in [6.45, 7) is 0. The predicted molar refractivity (Wildman–Crippen MR) is 58.7 cm³/mol. The van der Waals surface area contributed by atoms with E-state index in [0.717, 1.165) is 25.7 Å². The third-order valence-corrected chi connectivity index (χ3v) is 2.71. The average Bonchev–Trinajstić information content (AvgIpc) is 2.57. The van der Waals surface area contributed by atoms with Gasteiger partial charge in [-0.3, -0.25) is 0 Å². The first-order valence-corrected chi connectivity index (χ1v) is 5.47. The molecule has 1 rings (SSSR count). The Labute approximate surface area is 84.0 Å². The van der Waals surface area contributed by atoms with E-state index >= 15 is 0 Å². The van der Waals surface area contributed by atoms with Gasteiger partial charge >= 0.3 is 0 Å². The van der Waals surface area contributed by atoms with Crippen LogP contribution in [0.2, 0.25) is 0 Å². The van der Waals surface area contributed by atoms with Gasteiger partial charge in [0.25, 0.3) is 0 Å². The van der Waals surface area contributed by atoms with E-state index in [0.29, 0.717) is 0 Å². The summed E-state index contributed by atoms with van der Waals surface area (Å²) in [6, 6.07) is 2.40. The molecule has 1 aromatic rings. The molecule has 1 unspecified atom stereocenters. The Balaban J connectivity index is 2.19. The highest BCUT2D eigenvalue weighted by Gasteiger charge is 2.03. The van der Waals surface area contributed by atoms with Crippen LogP contribution >= 0.6 is 11.3 Å². The first kappa shape index (κ1) is 10.3. The summed E-state index contributed by atoms with van der Waals surface area (Å²) in [5.74, 6) is 2.63. The topological polar surface area (TPSA) is 26.0 Å². The van der Waals surface area contributed by atoms with Crippen LogP contribution in [0.5, 0.6) is 0 Å². The van der Waals surface area contributed by atoms with Crippen molar-refractivity contribution >= 4 is 11.3 Å². The van der Waals surface area contributed by atoms with Crippen molar-refractivity contribution in [3.63, 3.8) is 0 Å². The highest BCUT2D eigenvalue weighted by atomic mass is 32.1. The van der Waals surface area contributed by atoms with E-state index < -0.39 is 0 Å². The Morgan fingerprint density at radius 1 is 1.62 bits per heavy atom. The molecule has 1 atom stereocenters. The minimum absolute atomic E-state index is 0.267. The Morgan fingerprint density at radius 2 is 2.46 bits per heavy atom. The smallest absolute Gasteiger partial charge is 0.00866 e. The molecule has 0 saturated carbocycles. The van der Waals surface area contributed by atoms with Crippen molar-refractivity contribution in [2.45, 2.75) is 31.7 Å². The van der Waals surface area contributed by atoms with Crippen molar-refractivity contribution in [1.29, 1.82) is 0 Å². The third kappa shape index (κ3) is 4.12. The molecule has 13 heavy (non-hydrogen) atoms. The van der Waals surface area contributed by atoms with Gasteiger partial charge < -0.3 is 5.73 Å². The van der Waals surface area contributed by atoms with E-state index in [1.54, 1.807) is 11.3 Å². The Kier molecular flexibility index (Phi) is 4.59. The van der Waals surface area contributed by atoms with Crippen LogP contribution in [0, 0.1) is 12.3 Å². The molecule has 2 N–H and O–H groups in total. The highest BCUT2D eigenvalue weighted by molar-refractivity contribution is 7.07. The zero-order valence-electron chi connectivity index (χ0n) is 7.70. The molecular weight excluding hydrogens is 178 g/mol. The second-order valence-electron chi connectivity index (χ2n) is 3.19. The lowest BCUT2D eigenvalue weighted by molar-refractivity contribution is 0.588. The Morgan fingerprint density at radius 3 is 3.08 bits per heavy atom. The van der Waals surface area contributed by atoms with Gasteiger partial charge in [-0.25, -0.2) is 0 Å². The van der Waals surface area contributed by atoms with Crippen molar-refractivity contribution in [3.05, 3.63) is 22.4 Å². The Hall–Kier alpha value is -0.780. The molecule has 0 radical (unpaired) electrons. The maximum Gasteiger partial charge on any atom is 0.00866 e. The lowest BCUT2D eigenvalue weighted by Crippen LogP contribution is -2.22. The van der Waals surface area contributed by atoms with Crippen LogP contribution in [0.1, 0.15) is 24.8 Å². The third-order valence-electron chi connectivity index (χ3n) is 1.97. The van der Waals surface area contributed by atoms with E-state index in [1.807, 2.05) is 0 Å². The van der Waals surface area contributed by atoms with Gasteiger partial charge in [-0.05, 0) is 41.7 Å². The van der Waals surface area contributed by atoms with Crippen molar-refractivity contribution < 1.29 is 0 Å². The van der Waals surface area contributed by atoms with Gasteiger partial charge in [0.05, 0.1) is 0 Å². The van der Waals surface area contributed by atoms with Gasteiger partial charge in [0, 0.05) is 12.5 Å². The van der Waals surface area contributed by atoms with E-state index in [1.165, 1.54) is 5.56 Å². The minimum Gasteiger partial charge on any atom is -0.327 e. The molecular formula is C11H15NS. The van der Waals surface area contributed by atoms with Gasteiger partial charge in [-0.2, -0.15) is 11.3 Å². The van der Waals surface area contributed by atoms with Crippen LogP contribution in [-0.4, -0.2) is 6.04 Å². The summed E-state index contributed by atoms with van der Waals surface area (Å²) in [6.07, 6.45) is 9.06. The maximum atomic E-state index is 5.94. The maximum absolute atomic E-state index is 5.94. The molecule has 0 aromatic carbocycles. The fraction of sp³-hybridized carbons (Fsp3) is 0.455. The zero-order chi connectivity index (χ0) is 9.52. The first-order chi connectivity index (χ1) is 6.33. The van der Waals surface area contributed by atoms with Crippen LogP contribution in [0.3, 0.4) is 0 Å². The second kappa shape index (κ2) is 5.80. The standard InChI is InChI=1S/C11H15NS/c1-2-3-4-5-11(12)8-10-6-7-13-9-10/h1,6-7,9,11H,3-5,8,12H2. The number of thiophene rings is 1. The number of unbranched alkanes of at least 4 members (excludes halogenated alkanes) is 1. The lowest BCUT2D eigenvalue weighted by Gasteiger charge is -2.08. The summed E-state index contributed by atoms with van der Waals surface area (Å²) in [5.41, 5.74) is 7.29. The fourth-order valence-corrected chi connectivity index (χ4v) is 1.96. The molecule has 0 aliphatic heterocycles. The predicted octanol–water partition coefficient (Wildman–Crippen LogP) is 2.42. The van der Waals surface area contributed by atoms with Crippen LogP contribution in [0.15, 0.2) is 16.8 Å². The molecule has 0 bridgehead atoms. The molecule has 1 nitrogen and oxygen atoms in total. The second-order valence-corrected chi connectivity index (χ2v) is 3.97. The lowest BCUT2D eigenvalue weighted by atomic mass is 10.0. The van der Waals surface area contributed by atoms with E-state index in [9.17, 15) is 0 Å². The van der Waals surface area contributed by atoms with Crippen LogP contribution < -0.4 is 5.73 Å². The van der Waals surface area contributed by atoms with Crippen LogP contribution in [0.25, 0.3) is 0 Å². The molecule has 70 valence electrons. The normalized spacial score (nSPS) is 12.3. The number of terminal acetylenes is 1. The SMILES string of the molecule is C#CCCCC(N)Cc1ccsc1. The molecule has 0 fully saturated rings. The van der Waals surface area contributed by atoms with Crippen LogP contribution in [-0.2, 0) is 6.42 Å². The van der Waals surface area contributed by atoms with E-state index in [2.05, 4.69) is 22.7 Å². The van der Waals surface area contributed by atoms with E-state index in [4.69, 9.17) is 12.2 Å². The largest absolute Gasteiger partial charge is 0.327 e. The molecule has 0 spiro atoms. The molecule has 0 aliphatic rings. The molecule has 0 amide bonds. The van der Waals surface area contributed by atoms with Crippen molar-refractivity contribution in [2.75, 3.05) is 0 Å².